The van der Waals surface area contributed by atoms with Crippen LogP contribution < -0.4 is 45.6 Å². The second kappa shape index (κ2) is 34.7. The Morgan fingerprint density at radius 1 is 0.452 bits per heavy atom. The van der Waals surface area contributed by atoms with Gasteiger partial charge in [0.1, 0.15) is 95.8 Å². The summed E-state index contributed by atoms with van der Waals surface area (Å²) in [7, 11) is 0. The lowest BCUT2D eigenvalue weighted by Crippen LogP contribution is -2.58. The average Bonchev–Trinajstić information content (AvgIpc) is 0.718. The molecule has 12 heterocycles. The van der Waals surface area contributed by atoms with E-state index in [9.17, 15) is 70.9 Å². The topological polar surface area (TPSA) is 245 Å². The molecule has 24 nitrogen and oxygen atoms in total. The Bertz CT molecular complexity index is 6410. The van der Waals surface area contributed by atoms with Crippen molar-refractivity contribution in [3.63, 3.8) is 0 Å². The van der Waals surface area contributed by atoms with Crippen LogP contribution in [0.5, 0.6) is 17.2 Å². The number of rotatable bonds is 15. The van der Waals surface area contributed by atoms with Crippen LogP contribution in [0.1, 0.15) is 62.0 Å². The van der Waals surface area contributed by atoms with Crippen molar-refractivity contribution in [3.8, 4) is 68.8 Å². The molecule has 6 atom stereocenters. The highest BCUT2D eigenvalue weighted by Crippen LogP contribution is 2.53. The Morgan fingerprint density at radius 3 is 1.01 bits per heavy atom. The Balaban J connectivity index is 0.000000139. The summed E-state index contributed by atoms with van der Waals surface area (Å²) in [4.78, 5) is 95.5. The highest BCUT2D eigenvalue weighted by molar-refractivity contribution is 6.36. The predicted octanol–water partition coefficient (Wildman–Crippen LogP) is 13.2. The third kappa shape index (κ3) is 15.6. The molecule has 0 bridgehead atoms. The lowest BCUT2D eigenvalue weighted by atomic mass is 9.96. The maximum Gasteiger partial charge on any atom is 0.272 e. The molecule has 3 aromatic heterocycles. The summed E-state index contributed by atoms with van der Waals surface area (Å²) in [6.07, 6.45) is 3.85. The molecule has 6 fully saturated rings. The van der Waals surface area contributed by atoms with E-state index in [0.717, 1.165) is 49.8 Å². The van der Waals surface area contributed by atoms with Crippen LogP contribution in [0.4, 0.5) is 56.6 Å². The monoisotopic (exact) mass is 1790 g/mol. The van der Waals surface area contributed by atoms with E-state index in [1.165, 1.54) is 56.5 Å². The van der Waals surface area contributed by atoms with Gasteiger partial charge in [-0.1, -0.05) is 54.5 Å². The second-order valence-electron chi connectivity index (χ2n) is 32.8. The number of piperazine rings is 3. The lowest BCUT2D eigenvalue weighted by molar-refractivity contribution is -0.134. The fraction of sp³-hybridized carbons (Fsp3) is 0.367. The Hall–Kier alpha value is -12.0. The molecule has 3 amide bonds. The number of alkyl halides is 3. The number of aromatic nitrogens is 3. The van der Waals surface area contributed by atoms with Gasteiger partial charge in [-0.3, -0.25) is 52.3 Å². The number of anilines is 3. The molecule has 9 aromatic rings. The molecule has 9 aliphatic heterocycles. The second-order valence-corrected chi connectivity index (χ2v) is 34.0. The summed E-state index contributed by atoms with van der Waals surface area (Å²) < 4.78 is 151. The van der Waals surface area contributed by atoms with Gasteiger partial charge in [0.05, 0.1) is 79.9 Å². The first-order valence-corrected chi connectivity index (χ1v) is 41.9. The molecule has 654 valence electrons. The molecule has 9 aliphatic rings. The average molecular weight is 1790 g/mol. The fourth-order valence-corrected chi connectivity index (χ4v) is 19.7. The number of amides is 3. The van der Waals surface area contributed by atoms with Crippen molar-refractivity contribution in [2.24, 2.45) is 0 Å². The SMILES string of the molecule is C=CC(=O)N1CCN(c2c(C#N)c(=O)n3c4c(c(-c5ccc(F)cc5F)c(Cl)cc24)OCC3CN2CC(F)(F)C2)[C@@H](C)C1.C=CC(=O)N1CCN(c2c(C#N)c(=O)n3c4c(c(-c5ccc(F)cc5F)c(Cl)cc24)OCC3CN2CC(F)C2)[C@@H](C)C1.C=CC(=O)N1CCN(c2c(C#N)c(=O)n3c4c(c(-c5ccc(F)cc5F)c(Cl)cc24)OCC3CN2CCC2)[C@@H](C)C1. The number of likely N-dealkylation sites (tertiary alicyclic amines) is 3. The summed E-state index contributed by atoms with van der Waals surface area (Å²) in [5.74, 6) is -7.91. The van der Waals surface area contributed by atoms with Crippen LogP contribution >= 0.6 is 34.8 Å². The molecule has 0 aliphatic carbocycles. The van der Waals surface area contributed by atoms with Gasteiger partial charge in [0.2, 0.25) is 17.7 Å². The Morgan fingerprint density at radius 2 is 0.754 bits per heavy atom. The molecule has 0 spiro atoms. The number of carbonyl (C=O) groups is 3. The van der Waals surface area contributed by atoms with Gasteiger partial charge in [0, 0.05) is 177 Å². The summed E-state index contributed by atoms with van der Waals surface area (Å²) in [6, 6.07) is 17.8. The Labute approximate surface area is 730 Å². The van der Waals surface area contributed by atoms with Gasteiger partial charge in [-0.25, -0.2) is 39.5 Å². The predicted molar refractivity (Wildman–Crippen MR) is 458 cm³/mol. The van der Waals surface area contributed by atoms with Crippen LogP contribution in [0, 0.1) is 68.9 Å². The highest BCUT2D eigenvalue weighted by atomic mass is 35.5. The molecule has 6 saturated heterocycles. The molecule has 3 unspecified atom stereocenters. The van der Waals surface area contributed by atoms with Crippen LogP contribution in [0.2, 0.25) is 15.1 Å². The van der Waals surface area contributed by atoms with Gasteiger partial charge in [0.25, 0.3) is 22.6 Å². The first kappa shape index (κ1) is 87.4. The van der Waals surface area contributed by atoms with Gasteiger partial charge in [-0.05, 0) is 113 Å². The van der Waals surface area contributed by atoms with Crippen LogP contribution in [0.15, 0.2) is 125 Å². The normalized spacial score (nSPS) is 20.8. The molecule has 0 radical (unpaired) electrons. The van der Waals surface area contributed by atoms with E-state index < -0.39 is 88.8 Å². The van der Waals surface area contributed by atoms with Gasteiger partial charge < -0.3 is 48.5 Å². The van der Waals surface area contributed by atoms with Gasteiger partial charge >= 0.3 is 0 Å². The highest BCUT2D eigenvalue weighted by Gasteiger charge is 2.47. The molecule has 0 N–H and O–H groups in total. The molecule has 36 heteroatoms. The van der Waals surface area contributed by atoms with Crippen molar-refractivity contribution in [1.82, 2.24) is 43.1 Å². The van der Waals surface area contributed by atoms with E-state index >= 15 is 13.2 Å². The summed E-state index contributed by atoms with van der Waals surface area (Å²) in [5, 5.41) is 32.5. The number of nitrogens with zero attached hydrogens (tertiary/aromatic N) is 15. The van der Waals surface area contributed by atoms with Gasteiger partial charge in [0.15, 0.2) is 17.2 Å². The van der Waals surface area contributed by atoms with Crippen LogP contribution in [-0.4, -0.2) is 229 Å². The first-order chi connectivity index (χ1) is 60.3. The van der Waals surface area contributed by atoms with E-state index in [1.54, 1.807) is 31.4 Å². The summed E-state index contributed by atoms with van der Waals surface area (Å²) in [5.41, 5.74) is 0.485. The first-order valence-electron chi connectivity index (χ1n) is 40.8. The summed E-state index contributed by atoms with van der Waals surface area (Å²) in [6.45, 7) is 21.5. The van der Waals surface area contributed by atoms with E-state index in [-0.39, 0.29) is 181 Å². The zero-order valence-electron chi connectivity index (χ0n) is 68.3. The number of halogens is 12. The van der Waals surface area contributed by atoms with Crippen LogP contribution in [0.25, 0.3) is 66.1 Å². The van der Waals surface area contributed by atoms with Crippen LogP contribution in [0.3, 0.4) is 0 Å². The standard InChI is InChI=1S/C30H26ClF4N5O3.C30H27ClF3N5O3.C30H28ClF2N5O3/c1-3-24(41)38-6-7-39(16(2)11-38)26-20-9-22(31)25(19-5-4-17(32)8-23(19)33)28-27(20)40(29(42)21(26)10-36)18(13-43-28)12-37-14-30(34,35)15-37;1-3-25(40)37-6-7-38(16(2)11-37)27-21-9-23(31)26(20-5-4-17(32)8-24(20)34)29-28(21)39(30(41)22(27)10-35)19(15-42-29)14-36-12-18(33)13-36;1-3-25(39)36-9-10-37(17(2)14-36)27-21-12-23(31)26(20-6-5-18(32)11-24(20)33)29-28(21)38(30(40)22(27)13-34)19(16-41-29)15-35-7-4-8-35/h3-5,8-9,16,18H,1,6-7,11-15H2,2H3;3-5,8-9,16,18-19H,1,6-7,11-15H2,2H3;3,5-6,11-12,17,19H,1,4,7-10,14-16H2,2H3/t16-,18?;16-,19?;17-,19?/m000/s1. The number of hydrogen-bond donors (Lipinski definition) is 0. The lowest BCUT2D eigenvalue weighted by Gasteiger charge is -2.43. The number of nitriles is 3. The van der Waals surface area contributed by atoms with E-state index in [0.29, 0.717) is 110 Å². The fourth-order valence-electron chi connectivity index (χ4n) is 18.8. The van der Waals surface area contributed by atoms with Gasteiger partial charge in [-0.2, -0.15) is 15.8 Å². The van der Waals surface area contributed by atoms with Crippen LogP contribution in [-0.2, 0) is 14.4 Å². The van der Waals surface area contributed by atoms with E-state index in [1.807, 2.05) is 46.4 Å². The van der Waals surface area contributed by atoms with Gasteiger partial charge in [-0.15, -0.1) is 0 Å². The molecular weight excluding hydrogens is 1710 g/mol. The molecule has 18 rings (SSSR count). The molecule has 0 saturated carbocycles. The van der Waals surface area contributed by atoms with E-state index in [2.05, 4.69) is 36.8 Å². The zero-order chi connectivity index (χ0) is 89.7. The van der Waals surface area contributed by atoms with Crippen molar-refractivity contribution >= 4 is 102 Å². The summed E-state index contributed by atoms with van der Waals surface area (Å²) >= 11 is 20.4. The largest absolute Gasteiger partial charge is 0.488 e. The maximum atomic E-state index is 15.1. The molecular formula is C90H81Cl3F9N15O9. The molecule has 126 heavy (non-hydrogen) atoms. The number of benzene rings is 6. The van der Waals surface area contributed by atoms with Crippen molar-refractivity contribution < 1.29 is 68.1 Å². The smallest absolute Gasteiger partial charge is 0.272 e. The van der Waals surface area contributed by atoms with Crippen molar-refractivity contribution in [2.75, 3.05) is 152 Å². The van der Waals surface area contributed by atoms with E-state index in [4.69, 9.17) is 49.0 Å². The third-order valence-electron chi connectivity index (χ3n) is 24.8. The number of hydrogen-bond acceptors (Lipinski definition) is 18. The quantitative estimate of drug-likeness (QED) is 0.0684. The zero-order valence-corrected chi connectivity index (χ0v) is 70.6. The minimum absolute atomic E-state index is 0.00501. The Kier molecular flexibility index (Phi) is 24.1. The maximum absolute atomic E-state index is 15.1. The number of ether oxygens (including phenoxy) is 3. The molecule has 6 aromatic carbocycles. The number of pyridine rings is 3. The van der Waals surface area contributed by atoms with Crippen molar-refractivity contribution in [1.29, 1.82) is 15.8 Å². The minimum atomic E-state index is -2.83. The van der Waals surface area contributed by atoms with Crippen molar-refractivity contribution in [3.05, 3.63) is 208 Å². The minimum Gasteiger partial charge on any atom is -0.488 e. The number of carbonyl (C=O) groups excluding carboxylic acids is 3. The van der Waals surface area contributed by atoms with Crippen molar-refractivity contribution in [2.45, 2.75) is 75.5 Å². The third-order valence-corrected chi connectivity index (χ3v) is 25.7.